The monoisotopic (exact) mass is 459 g/mol. The van der Waals surface area contributed by atoms with E-state index in [0.717, 1.165) is 12.1 Å². The van der Waals surface area contributed by atoms with E-state index in [4.69, 9.17) is 22.5 Å². The van der Waals surface area contributed by atoms with Gasteiger partial charge in [-0.3, -0.25) is 4.79 Å². The van der Waals surface area contributed by atoms with Gasteiger partial charge in [-0.1, -0.05) is 35.9 Å². The molecule has 0 spiro atoms. The summed E-state index contributed by atoms with van der Waals surface area (Å²) >= 11 is 6.14. The largest absolute Gasteiger partial charge is 0.453 e. The highest BCUT2D eigenvalue weighted by Crippen LogP contribution is 2.33. The lowest BCUT2D eigenvalue weighted by Crippen LogP contribution is -2.24. The molecule has 0 fully saturated rings. The molecule has 0 saturated carbocycles. The van der Waals surface area contributed by atoms with Crippen LogP contribution in [0.4, 0.5) is 13.2 Å². The summed E-state index contributed by atoms with van der Waals surface area (Å²) in [6, 6.07) is 9.81. The van der Waals surface area contributed by atoms with Crippen molar-refractivity contribution in [1.82, 2.24) is 14.8 Å². The minimum atomic E-state index is -4.83. The van der Waals surface area contributed by atoms with Crippen molar-refractivity contribution in [3.63, 3.8) is 0 Å². The Bertz CT molecular complexity index is 1230. The number of sulfonamides is 1. The van der Waals surface area contributed by atoms with Crippen molar-refractivity contribution in [3.8, 4) is 5.69 Å². The zero-order valence-corrected chi connectivity index (χ0v) is 16.4. The molecule has 30 heavy (non-hydrogen) atoms. The highest BCUT2D eigenvalue weighted by Gasteiger charge is 2.36. The summed E-state index contributed by atoms with van der Waals surface area (Å²) in [5.74, 6) is -3.41. The van der Waals surface area contributed by atoms with E-state index in [9.17, 15) is 26.4 Å². The first-order chi connectivity index (χ1) is 13.9. The van der Waals surface area contributed by atoms with Crippen LogP contribution in [0.25, 0.3) is 5.69 Å². The third-order valence-electron chi connectivity index (χ3n) is 4.12. The van der Waals surface area contributed by atoms with Gasteiger partial charge >= 0.3 is 6.18 Å². The van der Waals surface area contributed by atoms with Gasteiger partial charge in [-0.15, -0.1) is 5.10 Å². The fourth-order valence-electron chi connectivity index (χ4n) is 2.84. The van der Waals surface area contributed by atoms with Crippen molar-refractivity contribution in [2.24, 2.45) is 10.9 Å². The molecular weight excluding hydrogens is 447 g/mol. The van der Waals surface area contributed by atoms with Crippen LogP contribution in [0.15, 0.2) is 53.7 Å². The maximum atomic E-state index is 12.8. The molecular formula is C17H13ClF3N5O3S. The van der Waals surface area contributed by atoms with E-state index in [1.165, 1.54) is 18.2 Å². The average Bonchev–Trinajstić information content (AvgIpc) is 3.13. The molecule has 0 radical (unpaired) electrons. The van der Waals surface area contributed by atoms with Gasteiger partial charge in [-0.25, -0.2) is 23.2 Å². The number of benzene rings is 2. The van der Waals surface area contributed by atoms with E-state index in [1.807, 2.05) is 0 Å². The molecule has 3 aromatic rings. The number of amides is 1. The Labute approximate surface area is 173 Å². The van der Waals surface area contributed by atoms with Crippen molar-refractivity contribution in [2.75, 3.05) is 0 Å². The van der Waals surface area contributed by atoms with E-state index >= 15 is 0 Å². The molecule has 0 aliphatic heterocycles. The number of halogens is 4. The number of rotatable bonds is 5. The second kappa shape index (κ2) is 7.70. The fourth-order valence-corrected chi connectivity index (χ4v) is 3.84. The van der Waals surface area contributed by atoms with Crippen molar-refractivity contribution in [3.05, 3.63) is 70.8 Å². The Balaban J connectivity index is 2.19. The van der Waals surface area contributed by atoms with Gasteiger partial charge in [0.15, 0.2) is 0 Å². The number of primary sulfonamides is 1. The van der Waals surface area contributed by atoms with Crippen LogP contribution in [0, 0.1) is 0 Å². The van der Waals surface area contributed by atoms with E-state index in [-0.39, 0.29) is 16.3 Å². The molecule has 1 atom stereocenters. The number of nitrogens with zero attached hydrogens (tertiary/aromatic N) is 3. The van der Waals surface area contributed by atoms with Gasteiger partial charge < -0.3 is 5.73 Å². The molecule has 158 valence electrons. The normalized spacial score (nSPS) is 13.2. The number of hydrogen-bond acceptors (Lipinski definition) is 5. The Morgan fingerprint density at radius 1 is 1.17 bits per heavy atom. The number of primary amides is 1. The lowest BCUT2D eigenvalue weighted by Gasteiger charge is -2.18. The molecule has 0 aliphatic rings. The van der Waals surface area contributed by atoms with Crippen molar-refractivity contribution in [2.45, 2.75) is 17.0 Å². The minimum Gasteiger partial charge on any atom is -0.369 e. The van der Waals surface area contributed by atoms with Gasteiger partial charge in [0, 0.05) is 5.02 Å². The van der Waals surface area contributed by atoms with Crippen molar-refractivity contribution < 1.29 is 26.4 Å². The number of alkyl halides is 3. The van der Waals surface area contributed by atoms with E-state index in [0.29, 0.717) is 16.6 Å². The van der Waals surface area contributed by atoms with Crippen molar-refractivity contribution in [1.29, 1.82) is 0 Å². The lowest BCUT2D eigenvalue weighted by molar-refractivity contribution is -0.144. The molecule has 0 aliphatic carbocycles. The minimum absolute atomic E-state index is 0.125. The predicted molar refractivity (Wildman–Crippen MR) is 100 cm³/mol. The topological polar surface area (TPSA) is 134 Å². The Morgan fingerprint density at radius 2 is 1.83 bits per heavy atom. The molecule has 13 heteroatoms. The molecule has 1 aromatic heterocycles. The summed E-state index contributed by atoms with van der Waals surface area (Å²) in [5, 5.41) is 8.72. The highest BCUT2D eigenvalue weighted by atomic mass is 35.5. The van der Waals surface area contributed by atoms with Gasteiger partial charge in [0.05, 0.1) is 11.6 Å². The molecule has 1 heterocycles. The standard InChI is InChI=1S/C17H13ClF3N5O3S/c18-11-4-2-1-3-10(11)14(15(22)27)9-5-6-12(13(7-9)30(23,28)29)26-8-24-16(25-26)17(19,20)21/h1-8,14H,(H2,22,27)(H2,23,28,29). The summed E-state index contributed by atoms with van der Waals surface area (Å²) < 4.78 is 63.3. The number of hydrogen-bond donors (Lipinski definition) is 2. The number of aromatic nitrogens is 3. The zero-order chi connectivity index (χ0) is 22.3. The van der Waals surface area contributed by atoms with E-state index < -0.39 is 38.7 Å². The first kappa shape index (κ1) is 21.7. The first-order valence-corrected chi connectivity index (χ1v) is 10.0. The highest BCUT2D eigenvalue weighted by molar-refractivity contribution is 7.89. The van der Waals surface area contributed by atoms with Crippen LogP contribution in [0.3, 0.4) is 0 Å². The second-order valence-corrected chi connectivity index (χ2v) is 8.08. The van der Waals surface area contributed by atoms with Gasteiger partial charge in [-0.2, -0.15) is 13.2 Å². The van der Waals surface area contributed by atoms with Crippen LogP contribution in [0.2, 0.25) is 5.02 Å². The summed E-state index contributed by atoms with van der Waals surface area (Å²) in [4.78, 5) is 14.7. The first-order valence-electron chi connectivity index (χ1n) is 8.09. The van der Waals surface area contributed by atoms with Crippen LogP contribution in [0.1, 0.15) is 22.9 Å². The summed E-state index contributed by atoms with van der Waals surface area (Å²) in [5.41, 5.74) is 5.66. The summed E-state index contributed by atoms with van der Waals surface area (Å²) in [6.07, 6.45) is -4.12. The lowest BCUT2D eigenvalue weighted by atomic mass is 9.90. The average molecular weight is 460 g/mol. The van der Waals surface area contributed by atoms with Crippen LogP contribution in [0.5, 0.6) is 0 Å². The van der Waals surface area contributed by atoms with Gasteiger partial charge in [0.25, 0.3) is 5.82 Å². The van der Waals surface area contributed by atoms with Gasteiger partial charge in [-0.05, 0) is 29.3 Å². The van der Waals surface area contributed by atoms with Gasteiger partial charge in [0.1, 0.15) is 11.2 Å². The molecule has 3 rings (SSSR count). The Hall–Kier alpha value is -2.96. The maximum absolute atomic E-state index is 12.8. The third-order valence-corrected chi connectivity index (χ3v) is 5.40. The van der Waals surface area contributed by atoms with E-state index in [2.05, 4.69) is 10.1 Å². The molecule has 0 bridgehead atoms. The molecule has 1 unspecified atom stereocenters. The summed E-state index contributed by atoms with van der Waals surface area (Å²) in [7, 11) is -4.44. The Kier molecular flexibility index (Phi) is 5.58. The second-order valence-electron chi connectivity index (χ2n) is 6.14. The quantitative estimate of drug-likeness (QED) is 0.603. The van der Waals surface area contributed by atoms with Crippen LogP contribution >= 0.6 is 11.6 Å². The molecule has 1 amide bonds. The number of carbonyl (C=O) groups excluding carboxylic acids is 1. The molecule has 4 N–H and O–H groups in total. The molecule has 8 nitrogen and oxygen atoms in total. The Morgan fingerprint density at radius 3 is 2.37 bits per heavy atom. The third kappa shape index (κ3) is 4.30. The molecule has 2 aromatic carbocycles. The van der Waals surface area contributed by atoms with E-state index in [1.54, 1.807) is 12.1 Å². The SMILES string of the molecule is NC(=O)C(c1ccc(-n2cnc(C(F)(F)F)n2)c(S(N)(=O)=O)c1)c1ccccc1Cl. The van der Waals surface area contributed by atoms with Gasteiger partial charge in [0.2, 0.25) is 15.9 Å². The summed E-state index contributed by atoms with van der Waals surface area (Å²) in [6.45, 7) is 0. The van der Waals surface area contributed by atoms with Crippen LogP contribution in [-0.4, -0.2) is 29.1 Å². The zero-order valence-electron chi connectivity index (χ0n) is 14.8. The molecule has 0 saturated heterocycles. The number of nitrogens with two attached hydrogens (primary N) is 2. The van der Waals surface area contributed by atoms with Crippen LogP contribution in [-0.2, 0) is 21.0 Å². The fraction of sp³-hybridized carbons (Fsp3) is 0.118. The maximum Gasteiger partial charge on any atom is 0.453 e. The predicted octanol–water partition coefficient (Wildman–Crippen LogP) is 2.20. The van der Waals surface area contributed by atoms with Crippen molar-refractivity contribution >= 4 is 27.5 Å². The van der Waals surface area contributed by atoms with Crippen LogP contribution < -0.4 is 10.9 Å². The smallest absolute Gasteiger partial charge is 0.369 e. The number of carbonyl (C=O) groups is 1.